The molecule has 17 heavy (non-hydrogen) atoms. The maximum Gasteiger partial charge on any atom is 0.207 e. The Morgan fingerprint density at radius 1 is 1.12 bits per heavy atom. The summed E-state index contributed by atoms with van der Waals surface area (Å²) >= 11 is 0.0524. The first kappa shape index (κ1) is 12.9. The smallest absolute Gasteiger partial charge is 0.207 e. The molecule has 4 heteroatoms. The molecule has 0 saturated carbocycles. The molecule has 0 spiro atoms. The maximum atomic E-state index is 5.43. The van der Waals surface area contributed by atoms with Crippen LogP contribution in [0.5, 0.6) is 0 Å². The van der Waals surface area contributed by atoms with Gasteiger partial charge in [0.25, 0.3) is 0 Å². The molecule has 0 N–H and O–H groups in total. The van der Waals surface area contributed by atoms with Gasteiger partial charge in [-0.3, -0.25) is 0 Å². The van der Waals surface area contributed by atoms with Crippen molar-refractivity contribution in [3.05, 3.63) is 29.8 Å². The van der Waals surface area contributed by atoms with Gasteiger partial charge in [-0.15, -0.1) is 4.31 Å². The first-order valence-electron chi connectivity index (χ1n) is 5.99. The minimum atomic E-state index is 0.0524. The van der Waals surface area contributed by atoms with E-state index < -0.39 is 0 Å². The normalized spacial score (nSPS) is 19.5. The second-order valence-electron chi connectivity index (χ2n) is 4.43. The summed E-state index contributed by atoms with van der Waals surface area (Å²) in [5.41, 5.74) is 1.32. The molecule has 0 radical (unpaired) electrons. The topological polar surface area (TPSA) is 15.7 Å². The van der Waals surface area contributed by atoms with Gasteiger partial charge in [-0.1, -0.05) is 22.0 Å². The van der Waals surface area contributed by atoms with E-state index in [9.17, 15) is 0 Å². The van der Waals surface area contributed by atoms with Crippen molar-refractivity contribution in [1.29, 1.82) is 0 Å². The Hall–Kier alpha value is -0.550. The molecule has 0 aliphatic carbocycles. The summed E-state index contributed by atoms with van der Waals surface area (Å²) in [6.07, 6.45) is 0. The van der Waals surface area contributed by atoms with Crippen molar-refractivity contribution in [2.75, 3.05) is 40.4 Å². The standard InChI is InChI=1S/C13H21N2OS/c1-12-4-6-13(7-5-12)17(14(2)3)15-8-10-16-11-9-15/h4-7H,8-11H2,1-3H3/q+1. The van der Waals surface area contributed by atoms with Crippen LogP contribution >= 0.6 is 0 Å². The van der Waals surface area contributed by atoms with Crippen molar-refractivity contribution in [2.45, 2.75) is 11.8 Å². The molecular weight excluding hydrogens is 232 g/mol. The van der Waals surface area contributed by atoms with E-state index in [0.29, 0.717) is 0 Å². The van der Waals surface area contributed by atoms with Crippen molar-refractivity contribution < 1.29 is 4.74 Å². The van der Waals surface area contributed by atoms with Crippen molar-refractivity contribution in [2.24, 2.45) is 0 Å². The largest absolute Gasteiger partial charge is 0.378 e. The third-order valence-corrected chi connectivity index (χ3v) is 5.03. The number of nitrogens with zero attached hydrogens (tertiary/aromatic N) is 2. The van der Waals surface area contributed by atoms with Crippen LogP contribution in [0.25, 0.3) is 0 Å². The molecule has 1 aromatic rings. The highest BCUT2D eigenvalue weighted by atomic mass is 32.2. The highest BCUT2D eigenvalue weighted by Crippen LogP contribution is 2.21. The van der Waals surface area contributed by atoms with Gasteiger partial charge in [-0.05, 0) is 19.1 Å². The monoisotopic (exact) mass is 253 g/mol. The Morgan fingerprint density at radius 2 is 1.71 bits per heavy atom. The molecule has 94 valence electrons. The van der Waals surface area contributed by atoms with Gasteiger partial charge in [-0.25, -0.2) is 0 Å². The summed E-state index contributed by atoms with van der Waals surface area (Å²) in [4.78, 5) is 1.39. The highest BCUT2D eigenvalue weighted by molar-refractivity contribution is 7.92. The van der Waals surface area contributed by atoms with Crippen LogP contribution in [0.3, 0.4) is 0 Å². The molecule has 0 bridgehead atoms. The number of rotatable bonds is 3. The molecule has 0 aromatic heterocycles. The molecule has 1 atom stereocenters. The van der Waals surface area contributed by atoms with E-state index in [-0.39, 0.29) is 11.3 Å². The van der Waals surface area contributed by atoms with Crippen molar-refractivity contribution in [3.63, 3.8) is 0 Å². The molecule has 1 fully saturated rings. The number of hydrogen-bond acceptors (Lipinski definition) is 3. The van der Waals surface area contributed by atoms with E-state index in [4.69, 9.17) is 4.74 Å². The summed E-state index contributed by atoms with van der Waals surface area (Å²) in [5, 5.41) is 0. The quantitative estimate of drug-likeness (QED) is 0.763. The number of ether oxygens (including phenoxy) is 1. The molecule has 1 unspecified atom stereocenters. The van der Waals surface area contributed by atoms with Crippen LogP contribution < -0.4 is 0 Å². The zero-order valence-electron chi connectivity index (χ0n) is 10.8. The Labute approximate surface area is 107 Å². The average Bonchev–Trinajstić information content (AvgIpc) is 2.33. The SMILES string of the molecule is Cc1ccc([S+](N(C)C)N2CCOCC2)cc1. The Balaban J connectivity index is 2.18. The van der Waals surface area contributed by atoms with Crippen LogP contribution in [0.4, 0.5) is 0 Å². The summed E-state index contributed by atoms with van der Waals surface area (Å²) in [5.74, 6) is 0. The summed E-state index contributed by atoms with van der Waals surface area (Å²) in [6.45, 7) is 5.88. The summed E-state index contributed by atoms with van der Waals surface area (Å²) in [7, 11) is 4.30. The van der Waals surface area contributed by atoms with Crippen molar-refractivity contribution in [3.8, 4) is 0 Å². The number of hydrogen-bond donors (Lipinski definition) is 0. The third-order valence-electron chi connectivity index (χ3n) is 2.79. The van der Waals surface area contributed by atoms with Crippen molar-refractivity contribution >= 4 is 11.3 Å². The second kappa shape index (κ2) is 5.87. The first-order valence-corrected chi connectivity index (χ1v) is 7.13. The number of benzene rings is 1. The predicted octanol–water partition coefficient (Wildman–Crippen LogP) is 1.70. The lowest BCUT2D eigenvalue weighted by atomic mass is 10.2. The van der Waals surface area contributed by atoms with Crippen LogP contribution in [-0.2, 0) is 16.0 Å². The van der Waals surface area contributed by atoms with E-state index in [2.05, 4.69) is 53.9 Å². The van der Waals surface area contributed by atoms with Crippen LogP contribution in [0.2, 0.25) is 0 Å². The molecule has 1 saturated heterocycles. The van der Waals surface area contributed by atoms with E-state index in [1.165, 1.54) is 10.5 Å². The van der Waals surface area contributed by atoms with Gasteiger partial charge in [0.15, 0.2) is 4.90 Å². The number of morpholine rings is 1. The molecular formula is C13H21N2OS+. The van der Waals surface area contributed by atoms with Crippen molar-refractivity contribution in [1.82, 2.24) is 8.61 Å². The van der Waals surface area contributed by atoms with Crippen LogP contribution in [0.15, 0.2) is 29.2 Å². The van der Waals surface area contributed by atoms with Gasteiger partial charge in [0, 0.05) is 14.1 Å². The zero-order chi connectivity index (χ0) is 12.3. The lowest BCUT2D eigenvalue weighted by molar-refractivity contribution is 0.0744. The lowest BCUT2D eigenvalue weighted by Crippen LogP contribution is -2.46. The predicted molar refractivity (Wildman–Crippen MR) is 72.9 cm³/mol. The van der Waals surface area contributed by atoms with Gasteiger partial charge >= 0.3 is 0 Å². The lowest BCUT2D eigenvalue weighted by Gasteiger charge is -2.27. The minimum Gasteiger partial charge on any atom is -0.378 e. The Bertz CT molecular complexity index is 347. The molecule has 0 amide bonds. The highest BCUT2D eigenvalue weighted by Gasteiger charge is 2.35. The van der Waals surface area contributed by atoms with Crippen LogP contribution in [-0.4, -0.2) is 49.0 Å². The van der Waals surface area contributed by atoms with Gasteiger partial charge in [0.05, 0.1) is 26.3 Å². The van der Waals surface area contributed by atoms with Gasteiger partial charge in [0.2, 0.25) is 11.3 Å². The fourth-order valence-corrected chi connectivity index (χ4v) is 4.03. The van der Waals surface area contributed by atoms with Crippen LogP contribution in [0, 0.1) is 6.92 Å². The second-order valence-corrected chi connectivity index (χ2v) is 6.68. The number of aryl methyl sites for hydroxylation is 1. The fraction of sp³-hybridized carbons (Fsp3) is 0.538. The van der Waals surface area contributed by atoms with E-state index in [1.54, 1.807) is 0 Å². The Morgan fingerprint density at radius 3 is 2.24 bits per heavy atom. The molecule has 2 rings (SSSR count). The molecule has 3 nitrogen and oxygen atoms in total. The molecule has 1 aromatic carbocycles. The van der Waals surface area contributed by atoms with E-state index >= 15 is 0 Å². The maximum absolute atomic E-state index is 5.43. The summed E-state index contributed by atoms with van der Waals surface area (Å²) < 4.78 is 10.2. The fourth-order valence-electron chi connectivity index (χ4n) is 1.97. The van der Waals surface area contributed by atoms with E-state index in [0.717, 1.165) is 26.3 Å². The minimum absolute atomic E-state index is 0.0524. The molecule has 1 aliphatic rings. The van der Waals surface area contributed by atoms with Gasteiger partial charge < -0.3 is 4.74 Å². The average molecular weight is 253 g/mol. The van der Waals surface area contributed by atoms with Gasteiger partial charge in [0.1, 0.15) is 0 Å². The summed E-state index contributed by atoms with van der Waals surface area (Å²) in [6, 6.07) is 8.88. The van der Waals surface area contributed by atoms with Gasteiger partial charge in [-0.2, -0.15) is 0 Å². The Kier molecular flexibility index (Phi) is 4.45. The van der Waals surface area contributed by atoms with E-state index in [1.807, 2.05) is 0 Å². The van der Waals surface area contributed by atoms with Crippen LogP contribution in [0.1, 0.15) is 5.56 Å². The first-order chi connectivity index (χ1) is 8.18. The molecule has 1 aliphatic heterocycles. The third kappa shape index (κ3) is 3.22. The zero-order valence-corrected chi connectivity index (χ0v) is 11.7. The molecule has 1 heterocycles.